The highest BCUT2D eigenvalue weighted by Gasteiger charge is 2.93. The van der Waals surface area contributed by atoms with E-state index in [1.807, 2.05) is 0 Å². The van der Waals surface area contributed by atoms with Gasteiger partial charge in [0.1, 0.15) is 11.2 Å². The maximum atomic E-state index is 13.8. The van der Waals surface area contributed by atoms with Gasteiger partial charge in [-0.15, -0.1) is 0 Å². The van der Waals surface area contributed by atoms with Crippen molar-refractivity contribution in [1.82, 2.24) is 0 Å². The molecule has 0 aliphatic heterocycles. The Morgan fingerprint density at radius 3 is 1.21 bits per heavy atom. The predicted molar refractivity (Wildman–Crippen MR) is 75.4 cm³/mol. The van der Waals surface area contributed by atoms with E-state index in [0.717, 1.165) is 20.8 Å². The van der Waals surface area contributed by atoms with Crippen LogP contribution in [0.15, 0.2) is 11.7 Å². The first-order valence-electron chi connectivity index (χ1n) is 8.03. The van der Waals surface area contributed by atoms with Gasteiger partial charge in [0.05, 0.1) is 6.42 Å². The van der Waals surface area contributed by atoms with E-state index in [0.29, 0.717) is 0 Å². The summed E-state index contributed by atoms with van der Waals surface area (Å²) >= 11 is 0. The number of alkyl halides is 15. The Labute approximate surface area is 177 Å². The highest BCUT2D eigenvalue weighted by Crippen LogP contribution is 2.62. The van der Waals surface area contributed by atoms with Gasteiger partial charge in [0.2, 0.25) is 0 Å². The smallest absolute Gasteiger partial charge is 0.456 e. The van der Waals surface area contributed by atoms with Crippen LogP contribution in [0, 0.1) is 0 Å². The number of carbonyl (C=O) groups excluding carboxylic acids is 1. The lowest BCUT2D eigenvalue weighted by Crippen LogP contribution is -2.72. The molecular weight excluding hydrogens is 535 g/mol. The van der Waals surface area contributed by atoms with Crippen LogP contribution in [0.3, 0.4) is 0 Å². The topological polar surface area (TPSA) is 26.3 Å². The number of ether oxygens (including phenoxy) is 1. The lowest BCUT2D eigenvalue weighted by atomic mass is 9.89. The fraction of sp³-hybridized carbons (Fsp3) is 0.800. The molecule has 0 aromatic carbocycles. The van der Waals surface area contributed by atoms with E-state index in [9.17, 15) is 79.4 Å². The first kappa shape index (κ1) is 32.0. The SMILES string of the molecule is CC(C)(C)OC(=O)C(CC(F)(F)C(F)(F)C(F)(F)C(F)(F)C(F)(F)C(F)(F)C(F)(F)F)=C(F)F. The van der Waals surface area contributed by atoms with Gasteiger partial charge in [0.15, 0.2) is 0 Å². The van der Waals surface area contributed by atoms with Gasteiger partial charge in [0, 0.05) is 0 Å². The normalized spacial score (nSPS) is 15.3. The van der Waals surface area contributed by atoms with E-state index in [2.05, 4.69) is 4.74 Å². The minimum Gasteiger partial charge on any atom is -0.456 e. The molecule has 0 aromatic heterocycles. The molecule has 19 heteroatoms. The van der Waals surface area contributed by atoms with Gasteiger partial charge in [-0.25, -0.2) is 4.79 Å². The average Bonchev–Trinajstić information content (AvgIpc) is 2.55. The molecule has 0 fully saturated rings. The van der Waals surface area contributed by atoms with E-state index < -0.39 is 71.4 Å². The van der Waals surface area contributed by atoms with Crippen molar-refractivity contribution in [2.24, 2.45) is 0 Å². The molecule has 0 radical (unpaired) electrons. The standard InChI is InChI=1S/C15H11F17O2/c1-8(2,3)34-7(33)5(6(16)17)4-9(18,19)10(20,21)11(22,23)12(24,25)13(26,27)14(28,29)15(30,31)32/h4H2,1-3H3. The lowest BCUT2D eigenvalue weighted by Gasteiger charge is -2.41. The maximum Gasteiger partial charge on any atom is 0.460 e. The van der Waals surface area contributed by atoms with Gasteiger partial charge >= 0.3 is 47.7 Å². The molecule has 0 rings (SSSR count). The zero-order valence-corrected chi connectivity index (χ0v) is 16.4. The van der Waals surface area contributed by atoms with Crippen molar-refractivity contribution in [3.05, 3.63) is 11.7 Å². The van der Waals surface area contributed by atoms with Crippen molar-refractivity contribution < 1.29 is 84.2 Å². The van der Waals surface area contributed by atoms with E-state index in [1.165, 1.54) is 0 Å². The second-order valence-corrected chi connectivity index (χ2v) is 7.49. The van der Waals surface area contributed by atoms with Crippen molar-refractivity contribution >= 4 is 5.97 Å². The van der Waals surface area contributed by atoms with Crippen LogP contribution in [0.4, 0.5) is 74.6 Å². The zero-order chi connectivity index (χ0) is 28.1. The first-order valence-corrected chi connectivity index (χ1v) is 8.03. The number of halogens is 17. The molecular formula is C15H11F17O2. The Morgan fingerprint density at radius 2 is 0.912 bits per heavy atom. The van der Waals surface area contributed by atoms with Crippen LogP contribution in [0.1, 0.15) is 27.2 Å². The minimum atomic E-state index is -8.56. The summed E-state index contributed by atoms with van der Waals surface area (Å²) in [6, 6.07) is 0. The van der Waals surface area contributed by atoms with Crippen molar-refractivity contribution in [2.45, 2.75) is 74.5 Å². The van der Waals surface area contributed by atoms with Crippen LogP contribution < -0.4 is 0 Å². The highest BCUT2D eigenvalue weighted by molar-refractivity contribution is 5.89. The highest BCUT2D eigenvalue weighted by atomic mass is 19.4. The lowest BCUT2D eigenvalue weighted by molar-refractivity contribution is -0.452. The van der Waals surface area contributed by atoms with Crippen LogP contribution in [0.5, 0.6) is 0 Å². The predicted octanol–water partition coefficient (Wildman–Crippen LogP) is 7.24. The van der Waals surface area contributed by atoms with Crippen LogP contribution in [0.25, 0.3) is 0 Å². The van der Waals surface area contributed by atoms with Gasteiger partial charge in [-0.3, -0.25) is 0 Å². The molecule has 0 heterocycles. The van der Waals surface area contributed by atoms with E-state index in [4.69, 9.17) is 0 Å². The van der Waals surface area contributed by atoms with Gasteiger partial charge in [-0.2, -0.15) is 74.6 Å². The monoisotopic (exact) mass is 546 g/mol. The summed E-state index contributed by atoms with van der Waals surface area (Å²) in [4.78, 5) is 11.4. The quantitative estimate of drug-likeness (QED) is 0.182. The summed E-state index contributed by atoms with van der Waals surface area (Å²) in [5.74, 6) is -51.3. The van der Waals surface area contributed by atoms with Gasteiger partial charge in [-0.1, -0.05) is 0 Å². The summed E-state index contributed by atoms with van der Waals surface area (Å²) in [5, 5.41) is 0. The second-order valence-electron chi connectivity index (χ2n) is 7.49. The van der Waals surface area contributed by atoms with Crippen LogP contribution in [-0.2, 0) is 9.53 Å². The Morgan fingerprint density at radius 1 is 0.588 bits per heavy atom. The molecule has 0 saturated heterocycles. The molecule has 0 N–H and O–H groups in total. The number of hydrogen-bond acceptors (Lipinski definition) is 2. The van der Waals surface area contributed by atoms with Crippen LogP contribution in [0.2, 0.25) is 0 Å². The Kier molecular flexibility index (Phi) is 8.10. The Balaban J connectivity index is 6.62. The zero-order valence-electron chi connectivity index (χ0n) is 16.4. The van der Waals surface area contributed by atoms with E-state index in [1.54, 1.807) is 0 Å². The molecule has 0 saturated carbocycles. The minimum absolute atomic E-state index is 0.892. The largest absolute Gasteiger partial charge is 0.460 e. The van der Waals surface area contributed by atoms with Crippen molar-refractivity contribution in [1.29, 1.82) is 0 Å². The summed E-state index contributed by atoms with van der Waals surface area (Å²) < 4.78 is 226. The number of hydrogen-bond donors (Lipinski definition) is 0. The molecule has 0 aliphatic rings. The van der Waals surface area contributed by atoms with Crippen molar-refractivity contribution in [2.75, 3.05) is 0 Å². The molecule has 2 nitrogen and oxygen atoms in total. The average molecular weight is 546 g/mol. The van der Waals surface area contributed by atoms with Crippen LogP contribution in [-0.4, -0.2) is 53.3 Å². The molecule has 0 aromatic rings. The fourth-order valence-electron chi connectivity index (χ4n) is 1.89. The van der Waals surface area contributed by atoms with Gasteiger partial charge in [-0.05, 0) is 20.8 Å². The fourth-order valence-corrected chi connectivity index (χ4v) is 1.89. The molecule has 0 amide bonds. The molecule has 0 spiro atoms. The van der Waals surface area contributed by atoms with E-state index >= 15 is 0 Å². The summed E-state index contributed by atoms with van der Waals surface area (Å²) in [5.41, 5.74) is -4.66. The third-order valence-electron chi connectivity index (χ3n) is 3.66. The molecule has 0 aliphatic carbocycles. The third-order valence-corrected chi connectivity index (χ3v) is 3.66. The number of esters is 1. The number of carbonyl (C=O) groups is 1. The third kappa shape index (κ3) is 5.16. The Bertz CT molecular complexity index is 797. The molecule has 0 unspecified atom stereocenters. The molecule has 34 heavy (non-hydrogen) atoms. The summed E-state index contributed by atoms with van der Waals surface area (Å²) in [7, 11) is 0. The maximum absolute atomic E-state index is 13.8. The Hall–Kier alpha value is -1.98. The summed E-state index contributed by atoms with van der Waals surface area (Å²) in [6.45, 7) is 2.68. The summed E-state index contributed by atoms with van der Waals surface area (Å²) in [6.07, 6.45) is -15.0. The molecule has 0 bridgehead atoms. The second kappa shape index (κ2) is 8.60. The molecule has 202 valence electrons. The van der Waals surface area contributed by atoms with Gasteiger partial charge in [0.25, 0.3) is 6.08 Å². The number of rotatable bonds is 8. The van der Waals surface area contributed by atoms with Crippen molar-refractivity contribution in [3.8, 4) is 0 Å². The van der Waals surface area contributed by atoms with Gasteiger partial charge < -0.3 is 4.74 Å². The molecule has 0 atom stereocenters. The van der Waals surface area contributed by atoms with E-state index in [-0.39, 0.29) is 0 Å². The van der Waals surface area contributed by atoms with Crippen molar-refractivity contribution in [3.63, 3.8) is 0 Å². The van der Waals surface area contributed by atoms with Crippen LogP contribution >= 0.6 is 0 Å². The first-order chi connectivity index (χ1) is 14.4.